The maximum atomic E-state index is 12.3. The molecule has 0 atom stereocenters. The summed E-state index contributed by atoms with van der Waals surface area (Å²) in [6.07, 6.45) is 3.19. The van der Waals surface area contributed by atoms with Gasteiger partial charge in [0.1, 0.15) is 23.8 Å². The van der Waals surface area contributed by atoms with Crippen LogP contribution in [0.5, 0.6) is 0 Å². The van der Waals surface area contributed by atoms with E-state index in [1.807, 2.05) is 49.4 Å². The van der Waals surface area contributed by atoms with Crippen LogP contribution in [0.1, 0.15) is 16.1 Å². The Morgan fingerprint density at radius 1 is 0.935 bits per heavy atom. The van der Waals surface area contributed by atoms with Gasteiger partial charge in [-0.2, -0.15) is 0 Å². The summed E-state index contributed by atoms with van der Waals surface area (Å²) in [6, 6.07) is 16.7. The fourth-order valence-corrected chi connectivity index (χ4v) is 2.84. The van der Waals surface area contributed by atoms with Gasteiger partial charge >= 0.3 is 0 Å². The molecule has 156 valence electrons. The van der Waals surface area contributed by atoms with Crippen molar-refractivity contribution in [3.63, 3.8) is 0 Å². The molecule has 0 unspecified atom stereocenters. The summed E-state index contributed by atoms with van der Waals surface area (Å²) in [6.45, 7) is 2.86. The minimum Gasteiger partial charge on any atom is -0.368 e. The number of carbonyl (C=O) groups excluding carboxylic acids is 1. The monoisotopic (exact) mass is 415 g/mol. The molecule has 0 aliphatic heterocycles. The molecule has 0 saturated carbocycles. The van der Waals surface area contributed by atoms with Crippen LogP contribution >= 0.6 is 0 Å². The van der Waals surface area contributed by atoms with E-state index >= 15 is 0 Å². The van der Waals surface area contributed by atoms with E-state index in [4.69, 9.17) is 4.52 Å². The first kappa shape index (κ1) is 20.0. The van der Waals surface area contributed by atoms with E-state index in [1.165, 1.54) is 6.33 Å². The average molecular weight is 415 g/mol. The van der Waals surface area contributed by atoms with Crippen molar-refractivity contribution < 1.29 is 9.32 Å². The molecule has 9 nitrogen and oxygen atoms in total. The zero-order chi connectivity index (χ0) is 21.5. The molecule has 0 saturated heterocycles. The van der Waals surface area contributed by atoms with E-state index in [0.717, 1.165) is 11.1 Å². The van der Waals surface area contributed by atoms with Crippen LogP contribution in [0.3, 0.4) is 0 Å². The van der Waals surface area contributed by atoms with E-state index in [0.29, 0.717) is 36.3 Å². The highest BCUT2D eigenvalue weighted by Crippen LogP contribution is 2.19. The van der Waals surface area contributed by atoms with Crippen molar-refractivity contribution in [3.05, 3.63) is 78.4 Å². The first-order valence-corrected chi connectivity index (χ1v) is 9.73. The molecule has 0 radical (unpaired) electrons. The molecule has 0 spiro atoms. The Morgan fingerprint density at radius 2 is 1.74 bits per heavy atom. The van der Waals surface area contributed by atoms with Crippen molar-refractivity contribution in [2.45, 2.75) is 6.92 Å². The third-order valence-corrected chi connectivity index (χ3v) is 4.36. The van der Waals surface area contributed by atoms with Gasteiger partial charge in [-0.05, 0) is 24.6 Å². The predicted molar refractivity (Wildman–Crippen MR) is 117 cm³/mol. The molecule has 0 aliphatic carbocycles. The summed E-state index contributed by atoms with van der Waals surface area (Å²) in [4.78, 5) is 24.9. The lowest BCUT2D eigenvalue weighted by Gasteiger charge is -2.09. The molecule has 9 heteroatoms. The second-order valence-electron chi connectivity index (χ2n) is 6.76. The zero-order valence-corrected chi connectivity index (χ0v) is 16.9. The molecule has 31 heavy (non-hydrogen) atoms. The van der Waals surface area contributed by atoms with Gasteiger partial charge in [0.05, 0.1) is 0 Å². The molecular weight excluding hydrogens is 394 g/mol. The smallest absolute Gasteiger partial charge is 0.273 e. The summed E-state index contributed by atoms with van der Waals surface area (Å²) in [5.41, 5.74) is 2.20. The SMILES string of the molecule is Cc1ccnc(Nc2cc(NCCNC(=O)c3cc(-c4ccccc4)on3)ncn2)c1. The van der Waals surface area contributed by atoms with Gasteiger partial charge in [0.2, 0.25) is 0 Å². The van der Waals surface area contributed by atoms with E-state index in [1.54, 1.807) is 18.3 Å². The number of hydrogen-bond acceptors (Lipinski definition) is 8. The number of hydrogen-bond donors (Lipinski definition) is 3. The third kappa shape index (κ3) is 5.41. The number of amides is 1. The van der Waals surface area contributed by atoms with Crippen molar-refractivity contribution >= 4 is 23.4 Å². The lowest BCUT2D eigenvalue weighted by atomic mass is 10.1. The average Bonchev–Trinajstić information content (AvgIpc) is 3.28. The normalized spacial score (nSPS) is 10.5. The molecule has 3 aromatic heterocycles. The van der Waals surface area contributed by atoms with Gasteiger partial charge in [-0.3, -0.25) is 4.79 Å². The molecule has 4 rings (SSSR count). The minimum absolute atomic E-state index is 0.234. The molecular formula is C22H21N7O2. The first-order valence-electron chi connectivity index (χ1n) is 9.73. The highest BCUT2D eigenvalue weighted by atomic mass is 16.5. The number of pyridine rings is 1. The minimum atomic E-state index is -0.303. The number of carbonyl (C=O) groups is 1. The lowest BCUT2D eigenvalue weighted by molar-refractivity contribution is 0.0946. The second-order valence-corrected chi connectivity index (χ2v) is 6.76. The number of rotatable bonds is 8. The van der Waals surface area contributed by atoms with Gasteiger partial charge in [0.25, 0.3) is 5.91 Å². The quantitative estimate of drug-likeness (QED) is 0.375. The van der Waals surface area contributed by atoms with Crippen molar-refractivity contribution in [2.24, 2.45) is 0 Å². The molecule has 1 aromatic carbocycles. The third-order valence-electron chi connectivity index (χ3n) is 4.36. The van der Waals surface area contributed by atoms with Crippen molar-refractivity contribution in [3.8, 4) is 11.3 Å². The van der Waals surface area contributed by atoms with Crippen LogP contribution < -0.4 is 16.0 Å². The fourth-order valence-electron chi connectivity index (χ4n) is 2.84. The predicted octanol–water partition coefficient (Wildman–Crippen LogP) is 3.42. The van der Waals surface area contributed by atoms with Crippen molar-refractivity contribution in [2.75, 3.05) is 23.7 Å². The first-order chi connectivity index (χ1) is 15.2. The van der Waals surface area contributed by atoms with Crippen LogP contribution in [0, 0.1) is 6.92 Å². The number of aryl methyl sites for hydroxylation is 1. The molecule has 0 bridgehead atoms. The Hall–Kier alpha value is -4.27. The molecule has 0 aliphatic rings. The fraction of sp³-hybridized carbons (Fsp3) is 0.136. The van der Waals surface area contributed by atoms with Crippen LogP contribution in [-0.4, -0.2) is 39.1 Å². The van der Waals surface area contributed by atoms with E-state index in [-0.39, 0.29) is 11.6 Å². The van der Waals surface area contributed by atoms with Gasteiger partial charge in [-0.15, -0.1) is 0 Å². The van der Waals surface area contributed by atoms with Gasteiger partial charge in [-0.1, -0.05) is 35.5 Å². The Bertz CT molecular complexity index is 1160. The summed E-state index contributed by atoms with van der Waals surface area (Å²) in [5, 5.41) is 12.9. The molecule has 1 amide bonds. The molecule has 0 fully saturated rings. The Kier molecular flexibility index (Phi) is 6.13. The van der Waals surface area contributed by atoms with Crippen LogP contribution in [0.4, 0.5) is 17.5 Å². The largest absolute Gasteiger partial charge is 0.368 e. The highest BCUT2D eigenvalue weighted by Gasteiger charge is 2.13. The number of nitrogens with one attached hydrogen (secondary N) is 3. The van der Waals surface area contributed by atoms with Gasteiger partial charge in [0.15, 0.2) is 11.5 Å². The van der Waals surface area contributed by atoms with Gasteiger partial charge in [0, 0.05) is 37.0 Å². The van der Waals surface area contributed by atoms with Gasteiger partial charge in [-0.25, -0.2) is 15.0 Å². The van der Waals surface area contributed by atoms with Crippen LogP contribution in [-0.2, 0) is 0 Å². The van der Waals surface area contributed by atoms with Crippen LogP contribution in [0.2, 0.25) is 0 Å². The summed E-state index contributed by atoms with van der Waals surface area (Å²) in [7, 11) is 0. The molecule has 4 aromatic rings. The number of nitrogens with zero attached hydrogens (tertiary/aromatic N) is 4. The lowest BCUT2D eigenvalue weighted by Crippen LogP contribution is -2.29. The van der Waals surface area contributed by atoms with E-state index < -0.39 is 0 Å². The number of aromatic nitrogens is 4. The maximum absolute atomic E-state index is 12.3. The topological polar surface area (TPSA) is 118 Å². The summed E-state index contributed by atoms with van der Waals surface area (Å²) in [5.74, 6) is 2.21. The van der Waals surface area contributed by atoms with Gasteiger partial charge < -0.3 is 20.5 Å². The Balaban J connectivity index is 1.26. The highest BCUT2D eigenvalue weighted by molar-refractivity contribution is 5.93. The molecule has 3 heterocycles. The van der Waals surface area contributed by atoms with E-state index in [9.17, 15) is 4.79 Å². The maximum Gasteiger partial charge on any atom is 0.273 e. The van der Waals surface area contributed by atoms with E-state index in [2.05, 4.69) is 36.1 Å². The van der Waals surface area contributed by atoms with Crippen molar-refractivity contribution in [1.82, 2.24) is 25.4 Å². The van der Waals surface area contributed by atoms with Crippen LogP contribution in [0.25, 0.3) is 11.3 Å². The Morgan fingerprint density at radius 3 is 2.58 bits per heavy atom. The second kappa shape index (κ2) is 9.49. The Labute approximate surface area is 178 Å². The summed E-state index contributed by atoms with van der Waals surface area (Å²) >= 11 is 0. The van der Waals surface area contributed by atoms with Crippen LogP contribution in [0.15, 0.2) is 71.6 Å². The summed E-state index contributed by atoms with van der Waals surface area (Å²) < 4.78 is 5.26. The van der Waals surface area contributed by atoms with Crippen molar-refractivity contribution in [1.29, 1.82) is 0 Å². The number of benzene rings is 1. The number of anilines is 3. The molecule has 3 N–H and O–H groups in total. The zero-order valence-electron chi connectivity index (χ0n) is 16.9. The standard InChI is InChI=1S/C22H21N7O2/c1-15-7-8-23-20(11-15)28-21-13-19(26-14-27-21)24-9-10-25-22(30)17-12-18(31-29-17)16-5-3-2-4-6-16/h2-8,11-14H,9-10H2,1H3,(H,25,30)(H2,23,24,26,27,28).